The SMILES string of the molecule is CNc1ccc(Oc2ccnc3cc(OCCCN4CC(O)C5(CC5)C4)c(OC)cc23)c(F)c1.O=CC1(C(=O)Nc2ccc(F)cc2)CC1. The summed E-state index contributed by atoms with van der Waals surface area (Å²) in [5.74, 6) is 0.656. The fraction of sp³-hybridized carbons (Fsp3) is 0.378. The van der Waals surface area contributed by atoms with Gasteiger partial charge in [-0.15, -0.1) is 0 Å². The number of aromatic nitrogens is 1. The molecule has 49 heavy (non-hydrogen) atoms. The Kier molecular flexibility index (Phi) is 9.98. The number of nitrogens with zero attached hydrogens (tertiary/aromatic N) is 2. The van der Waals surface area contributed by atoms with Gasteiger partial charge in [-0.2, -0.15) is 0 Å². The van der Waals surface area contributed by atoms with Crippen molar-refractivity contribution in [3.63, 3.8) is 0 Å². The van der Waals surface area contributed by atoms with Crippen LogP contribution in [0.25, 0.3) is 10.9 Å². The number of likely N-dealkylation sites (tertiary alicyclic amines) is 1. The van der Waals surface area contributed by atoms with Crippen LogP contribution in [0.15, 0.2) is 66.9 Å². The molecule has 2 saturated carbocycles. The minimum Gasteiger partial charge on any atom is -0.493 e. The predicted octanol–water partition coefficient (Wildman–Crippen LogP) is 6.19. The number of aldehydes is 1. The second-order valence-electron chi connectivity index (χ2n) is 12.9. The number of hydrogen-bond acceptors (Lipinski definition) is 9. The van der Waals surface area contributed by atoms with Gasteiger partial charge in [0.25, 0.3) is 0 Å². The maximum Gasteiger partial charge on any atom is 0.237 e. The Morgan fingerprint density at radius 3 is 2.39 bits per heavy atom. The zero-order chi connectivity index (χ0) is 34.6. The molecule has 3 aliphatic rings. The Labute approximate surface area is 283 Å². The van der Waals surface area contributed by atoms with E-state index in [0.717, 1.165) is 38.9 Å². The summed E-state index contributed by atoms with van der Waals surface area (Å²) in [4.78, 5) is 29.0. The molecule has 0 bridgehead atoms. The lowest BCUT2D eigenvalue weighted by Crippen LogP contribution is -2.25. The molecule has 7 rings (SSSR count). The van der Waals surface area contributed by atoms with Gasteiger partial charge in [-0.05, 0) is 80.6 Å². The Bertz CT molecular complexity index is 1810. The van der Waals surface area contributed by atoms with Crippen molar-refractivity contribution in [2.24, 2.45) is 10.8 Å². The first kappa shape index (κ1) is 34.1. The highest BCUT2D eigenvalue weighted by atomic mass is 19.1. The number of aliphatic hydroxyl groups is 1. The van der Waals surface area contributed by atoms with Crippen LogP contribution >= 0.6 is 0 Å². The van der Waals surface area contributed by atoms with Crippen LogP contribution in [0.4, 0.5) is 20.2 Å². The maximum atomic E-state index is 14.4. The molecule has 12 heteroatoms. The molecular formula is C37H40F2N4O6. The van der Waals surface area contributed by atoms with Crippen molar-refractivity contribution in [2.75, 3.05) is 51.0 Å². The molecule has 0 radical (unpaired) electrons. The number of anilines is 2. The molecule has 1 amide bonds. The van der Waals surface area contributed by atoms with Gasteiger partial charge >= 0.3 is 0 Å². The summed E-state index contributed by atoms with van der Waals surface area (Å²) in [6.45, 7) is 3.16. The van der Waals surface area contributed by atoms with Gasteiger partial charge in [0, 0.05) is 67.2 Å². The van der Waals surface area contributed by atoms with Gasteiger partial charge in [0.05, 0.1) is 25.3 Å². The van der Waals surface area contributed by atoms with Gasteiger partial charge in [0.15, 0.2) is 23.1 Å². The number of fused-ring (bicyclic) bond motifs is 1. The van der Waals surface area contributed by atoms with Crippen molar-refractivity contribution in [2.45, 2.75) is 38.2 Å². The predicted molar refractivity (Wildman–Crippen MR) is 181 cm³/mol. The van der Waals surface area contributed by atoms with E-state index < -0.39 is 11.2 Å². The molecule has 3 aromatic carbocycles. The van der Waals surface area contributed by atoms with Gasteiger partial charge in [-0.1, -0.05) is 0 Å². The number of rotatable bonds is 12. The van der Waals surface area contributed by atoms with Crippen molar-refractivity contribution in [1.29, 1.82) is 0 Å². The second kappa shape index (κ2) is 14.4. The minimum absolute atomic E-state index is 0.130. The third kappa shape index (κ3) is 7.76. The molecule has 2 heterocycles. The number of pyridine rings is 1. The Hall–Kier alpha value is -4.81. The first-order valence-corrected chi connectivity index (χ1v) is 16.4. The number of hydrogen-bond donors (Lipinski definition) is 3. The van der Waals surface area contributed by atoms with Crippen LogP contribution in [0.3, 0.4) is 0 Å². The first-order valence-electron chi connectivity index (χ1n) is 16.4. The van der Waals surface area contributed by atoms with E-state index in [0.29, 0.717) is 65.3 Å². The molecule has 1 unspecified atom stereocenters. The van der Waals surface area contributed by atoms with Crippen molar-refractivity contribution < 1.29 is 37.7 Å². The van der Waals surface area contributed by atoms with E-state index in [2.05, 4.69) is 20.5 Å². The zero-order valence-corrected chi connectivity index (χ0v) is 27.5. The van der Waals surface area contributed by atoms with E-state index in [9.17, 15) is 23.5 Å². The van der Waals surface area contributed by atoms with E-state index in [-0.39, 0.29) is 29.0 Å². The molecule has 258 valence electrons. The normalized spacial score (nSPS) is 18.3. The molecule has 10 nitrogen and oxygen atoms in total. The lowest BCUT2D eigenvalue weighted by atomic mass is 10.0. The topological polar surface area (TPSA) is 122 Å². The summed E-state index contributed by atoms with van der Waals surface area (Å²) in [5.41, 5.74) is 1.19. The summed E-state index contributed by atoms with van der Waals surface area (Å²) in [5, 5.41) is 16.4. The summed E-state index contributed by atoms with van der Waals surface area (Å²) in [6, 6.07) is 15.5. The van der Waals surface area contributed by atoms with Crippen LogP contribution in [0.1, 0.15) is 32.1 Å². The molecule has 1 aliphatic heterocycles. The van der Waals surface area contributed by atoms with Crippen molar-refractivity contribution in [1.82, 2.24) is 9.88 Å². The van der Waals surface area contributed by atoms with E-state index in [4.69, 9.17) is 14.2 Å². The smallest absolute Gasteiger partial charge is 0.237 e. The number of benzene rings is 3. The second-order valence-corrected chi connectivity index (χ2v) is 12.9. The average Bonchev–Trinajstić information content (AvgIpc) is 4.04. The monoisotopic (exact) mass is 674 g/mol. The van der Waals surface area contributed by atoms with Crippen molar-refractivity contribution in [3.05, 3.63) is 78.5 Å². The molecule has 4 aromatic rings. The van der Waals surface area contributed by atoms with E-state index in [1.165, 1.54) is 30.3 Å². The fourth-order valence-electron chi connectivity index (χ4n) is 6.02. The number of amides is 1. The molecule has 3 N–H and O–H groups in total. The zero-order valence-electron chi connectivity index (χ0n) is 27.5. The highest BCUT2D eigenvalue weighted by molar-refractivity contribution is 6.07. The molecular weight excluding hydrogens is 634 g/mol. The Balaban J connectivity index is 0.000000232. The van der Waals surface area contributed by atoms with Crippen LogP contribution in [0, 0.1) is 22.5 Å². The molecule has 1 spiro atoms. The number of nitrogens with one attached hydrogen (secondary N) is 2. The highest BCUT2D eigenvalue weighted by Crippen LogP contribution is 2.52. The van der Waals surface area contributed by atoms with Crippen LogP contribution in [0.2, 0.25) is 0 Å². The van der Waals surface area contributed by atoms with Gasteiger partial charge in [0.1, 0.15) is 23.3 Å². The van der Waals surface area contributed by atoms with E-state index >= 15 is 0 Å². The van der Waals surface area contributed by atoms with E-state index in [1.807, 2.05) is 6.07 Å². The van der Waals surface area contributed by atoms with Gasteiger partial charge in [-0.25, -0.2) is 8.78 Å². The van der Waals surface area contributed by atoms with Crippen LogP contribution in [-0.2, 0) is 9.59 Å². The van der Waals surface area contributed by atoms with Crippen LogP contribution < -0.4 is 24.8 Å². The van der Waals surface area contributed by atoms with Crippen LogP contribution in [0.5, 0.6) is 23.0 Å². The summed E-state index contributed by atoms with van der Waals surface area (Å²) in [7, 11) is 3.32. The fourth-order valence-corrected chi connectivity index (χ4v) is 6.02. The third-order valence-electron chi connectivity index (χ3n) is 9.44. The maximum absolute atomic E-state index is 14.4. The van der Waals surface area contributed by atoms with Crippen LogP contribution in [-0.4, -0.2) is 73.7 Å². The molecule has 3 fully saturated rings. The highest BCUT2D eigenvalue weighted by Gasteiger charge is 2.54. The van der Waals surface area contributed by atoms with Crippen molar-refractivity contribution in [3.8, 4) is 23.0 Å². The minimum atomic E-state index is -0.825. The molecule has 1 atom stereocenters. The quantitative estimate of drug-likeness (QED) is 0.0918. The first-order chi connectivity index (χ1) is 23.7. The number of halogens is 2. The molecule has 1 aromatic heterocycles. The van der Waals surface area contributed by atoms with Gasteiger partial charge in [0.2, 0.25) is 5.91 Å². The number of methoxy groups -OCH3 is 1. The Morgan fingerprint density at radius 1 is 1.00 bits per heavy atom. The average molecular weight is 675 g/mol. The number of ether oxygens (including phenoxy) is 3. The number of β-amino-alcohol motifs (C(OH)–C–C–N with tert-alkyl or cyclic N) is 1. The lowest BCUT2D eigenvalue weighted by molar-refractivity contribution is -0.126. The number of carbonyl (C=O) groups is 2. The van der Waals surface area contributed by atoms with Gasteiger partial charge < -0.3 is 34.7 Å². The van der Waals surface area contributed by atoms with E-state index in [1.54, 1.807) is 44.6 Å². The molecule has 2 aliphatic carbocycles. The number of aliphatic hydroxyl groups excluding tert-OH is 1. The van der Waals surface area contributed by atoms with Gasteiger partial charge in [-0.3, -0.25) is 14.7 Å². The summed E-state index contributed by atoms with van der Waals surface area (Å²) < 4.78 is 44.5. The van der Waals surface area contributed by atoms with Crippen molar-refractivity contribution >= 4 is 34.5 Å². The Morgan fingerprint density at radius 2 is 1.76 bits per heavy atom. The lowest BCUT2D eigenvalue weighted by Gasteiger charge is -2.17. The summed E-state index contributed by atoms with van der Waals surface area (Å²) >= 11 is 0. The standard InChI is InChI=1S/C26H30FN3O4.C11H10FNO2/c1-28-17-4-5-22(19(27)12-17)34-21-6-9-29-20-14-24(23(32-2)13-18(20)21)33-11-3-10-30-15-25(31)26(16-30)7-8-26;12-8-1-3-9(4-2-8)13-10(15)11(7-14)5-6-11/h4-6,9,12-14,25,28,31H,3,7-8,10-11,15-16H2,1-2H3;1-4,7H,5-6H2,(H,13,15). The molecule has 1 saturated heterocycles. The number of carbonyl (C=O) groups excluding carboxylic acids is 2. The third-order valence-corrected chi connectivity index (χ3v) is 9.44. The summed E-state index contributed by atoms with van der Waals surface area (Å²) in [6.07, 6.45) is 6.46. The largest absolute Gasteiger partial charge is 0.493 e.